The summed E-state index contributed by atoms with van der Waals surface area (Å²) in [5, 5.41) is 2.85. The maximum atomic E-state index is 13.3. The van der Waals surface area contributed by atoms with Gasteiger partial charge < -0.3 is 10.2 Å². The number of anilines is 1. The Hall–Kier alpha value is -4.51. The number of amides is 2. The minimum absolute atomic E-state index is 0.0801. The Bertz CT molecular complexity index is 1290. The number of hydrogen-bond donors (Lipinski definition) is 1. The smallest absolute Gasteiger partial charge is 0.248 e. The van der Waals surface area contributed by atoms with Crippen LogP contribution in [-0.2, 0) is 14.4 Å². The molecule has 180 valence electrons. The van der Waals surface area contributed by atoms with Gasteiger partial charge in [-0.15, -0.1) is 0 Å². The first-order valence-electron chi connectivity index (χ1n) is 11.8. The van der Waals surface area contributed by atoms with E-state index < -0.39 is 0 Å². The fourth-order valence-corrected chi connectivity index (χ4v) is 4.12. The molecule has 2 amide bonds. The summed E-state index contributed by atoms with van der Waals surface area (Å²) in [7, 11) is 0. The van der Waals surface area contributed by atoms with E-state index >= 15 is 0 Å². The number of nitrogens with one attached hydrogen (secondary N) is 1. The summed E-state index contributed by atoms with van der Waals surface area (Å²) in [6.07, 6.45) is 6.14. The van der Waals surface area contributed by atoms with E-state index in [1.54, 1.807) is 4.90 Å². The molecule has 0 spiro atoms. The van der Waals surface area contributed by atoms with Crippen LogP contribution in [0.1, 0.15) is 22.3 Å². The summed E-state index contributed by atoms with van der Waals surface area (Å²) < 4.78 is 0. The number of hydrogen-bond acceptors (Lipinski definition) is 3. The molecule has 0 radical (unpaired) electrons. The first kappa shape index (κ1) is 24.6. The highest BCUT2D eigenvalue weighted by Gasteiger charge is 2.28. The van der Waals surface area contributed by atoms with Crippen molar-refractivity contribution in [1.29, 1.82) is 0 Å². The van der Waals surface area contributed by atoms with Crippen LogP contribution in [0.3, 0.4) is 0 Å². The first-order chi connectivity index (χ1) is 17.4. The predicted molar refractivity (Wildman–Crippen MR) is 144 cm³/mol. The maximum Gasteiger partial charge on any atom is 0.248 e. The van der Waals surface area contributed by atoms with E-state index in [0.717, 1.165) is 27.9 Å². The number of piperidine rings is 1. The van der Waals surface area contributed by atoms with Crippen LogP contribution in [0.2, 0.25) is 0 Å². The number of rotatable bonds is 5. The second kappa shape index (κ2) is 11.3. The van der Waals surface area contributed by atoms with E-state index in [9.17, 15) is 14.4 Å². The fraction of sp³-hybridized carbons (Fsp3) is 0.129. The Morgan fingerprint density at radius 2 is 1.22 bits per heavy atom. The molecule has 1 N–H and O–H groups in total. The SMILES string of the molecule is Cc1cccc(C)c1NC(=O)/C=C\C(=O)N1C/C(=C\c2ccccc2)C(=O)/C(=C/c2ccccc2)C1. The summed E-state index contributed by atoms with van der Waals surface area (Å²) >= 11 is 0. The highest BCUT2D eigenvalue weighted by molar-refractivity contribution is 6.15. The number of aryl methyl sites for hydroxylation is 2. The van der Waals surface area contributed by atoms with Gasteiger partial charge >= 0.3 is 0 Å². The zero-order valence-electron chi connectivity index (χ0n) is 20.4. The van der Waals surface area contributed by atoms with E-state index in [1.807, 2.05) is 105 Å². The largest absolute Gasteiger partial charge is 0.330 e. The topological polar surface area (TPSA) is 66.5 Å². The lowest BCUT2D eigenvalue weighted by Crippen LogP contribution is -2.41. The fourth-order valence-electron chi connectivity index (χ4n) is 4.12. The Kier molecular flexibility index (Phi) is 7.71. The van der Waals surface area contributed by atoms with Crippen molar-refractivity contribution in [3.05, 3.63) is 124 Å². The number of Topliss-reactive ketones (excluding diaryl/α,β-unsaturated/α-hetero) is 1. The van der Waals surface area contributed by atoms with E-state index in [1.165, 1.54) is 12.2 Å². The van der Waals surface area contributed by atoms with Crippen molar-refractivity contribution in [3.8, 4) is 0 Å². The van der Waals surface area contributed by atoms with E-state index in [2.05, 4.69) is 5.32 Å². The molecule has 0 saturated carbocycles. The van der Waals surface area contributed by atoms with Crippen LogP contribution in [0, 0.1) is 13.8 Å². The molecule has 3 aromatic carbocycles. The van der Waals surface area contributed by atoms with Crippen LogP contribution in [0.15, 0.2) is 102 Å². The Morgan fingerprint density at radius 1 is 0.722 bits per heavy atom. The third-order valence-corrected chi connectivity index (χ3v) is 6.00. The van der Waals surface area contributed by atoms with Crippen molar-refractivity contribution in [1.82, 2.24) is 4.90 Å². The molecule has 5 heteroatoms. The number of ketones is 1. The number of benzene rings is 3. The first-order valence-corrected chi connectivity index (χ1v) is 11.8. The van der Waals surface area contributed by atoms with Gasteiger partial charge in [-0.1, -0.05) is 78.9 Å². The van der Waals surface area contributed by atoms with Crippen LogP contribution >= 0.6 is 0 Å². The standard InChI is InChI=1S/C31H28N2O3/c1-22-10-9-11-23(2)30(22)32-28(34)16-17-29(35)33-20-26(18-24-12-5-3-6-13-24)31(36)27(21-33)19-25-14-7-4-8-15-25/h3-19H,20-21H2,1-2H3,(H,32,34)/b17-16-,26-18+,27-19+. The Balaban J connectivity index is 1.56. The Morgan fingerprint density at radius 3 is 1.72 bits per heavy atom. The van der Waals surface area contributed by atoms with Crippen molar-refractivity contribution in [2.24, 2.45) is 0 Å². The molecular formula is C31H28N2O3. The molecule has 3 aromatic rings. The summed E-state index contributed by atoms with van der Waals surface area (Å²) in [6.45, 7) is 4.18. The van der Waals surface area contributed by atoms with E-state index in [-0.39, 0.29) is 30.7 Å². The number of likely N-dealkylation sites (tertiary alicyclic amines) is 1. The maximum absolute atomic E-state index is 13.3. The lowest BCUT2D eigenvalue weighted by Gasteiger charge is -2.29. The molecule has 1 saturated heterocycles. The van der Waals surface area contributed by atoms with Gasteiger partial charge in [0.05, 0.1) is 13.1 Å². The molecule has 1 aliphatic heterocycles. The molecule has 0 aromatic heterocycles. The minimum atomic E-state index is -0.381. The monoisotopic (exact) mass is 476 g/mol. The number of carbonyl (C=O) groups excluding carboxylic acids is 3. The normalized spacial score (nSPS) is 16.1. The third-order valence-electron chi connectivity index (χ3n) is 6.00. The molecule has 0 aliphatic carbocycles. The quantitative estimate of drug-likeness (QED) is 0.503. The van der Waals surface area contributed by atoms with Gasteiger partial charge in [-0.05, 0) is 48.3 Å². The van der Waals surface area contributed by atoms with Crippen molar-refractivity contribution < 1.29 is 14.4 Å². The van der Waals surface area contributed by atoms with Gasteiger partial charge in [0.2, 0.25) is 11.8 Å². The van der Waals surface area contributed by atoms with E-state index in [4.69, 9.17) is 0 Å². The van der Waals surface area contributed by atoms with Gasteiger partial charge in [0.1, 0.15) is 0 Å². The van der Waals surface area contributed by atoms with Crippen molar-refractivity contribution in [2.45, 2.75) is 13.8 Å². The van der Waals surface area contributed by atoms with Crippen LogP contribution in [0.4, 0.5) is 5.69 Å². The average Bonchev–Trinajstić information content (AvgIpc) is 2.88. The number of para-hydroxylation sites is 1. The van der Waals surface area contributed by atoms with Crippen LogP contribution in [0.5, 0.6) is 0 Å². The average molecular weight is 477 g/mol. The third kappa shape index (κ3) is 6.13. The molecule has 0 atom stereocenters. The van der Waals surface area contributed by atoms with Crippen LogP contribution < -0.4 is 5.32 Å². The minimum Gasteiger partial charge on any atom is -0.330 e. The lowest BCUT2D eigenvalue weighted by molar-refractivity contribution is -0.126. The number of carbonyl (C=O) groups is 3. The second-order valence-corrected chi connectivity index (χ2v) is 8.77. The highest BCUT2D eigenvalue weighted by Crippen LogP contribution is 2.23. The van der Waals surface area contributed by atoms with Gasteiger partial charge in [0.15, 0.2) is 5.78 Å². The van der Waals surface area contributed by atoms with Gasteiger partial charge in [0.25, 0.3) is 0 Å². The van der Waals surface area contributed by atoms with Crippen molar-refractivity contribution in [2.75, 3.05) is 18.4 Å². The predicted octanol–water partition coefficient (Wildman–Crippen LogP) is 5.38. The van der Waals surface area contributed by atoms with Gasteiger partial charge in [-0.3, -0.25) is 14.4 Å². The van der Waals surface area contributed by atoms with Crippen LogP contribution in [0.25, 0.3) is 12.2 Å². The molecule has 1 aliphatic rings. The number of nitrogens with zero attached hydrogens (tertiary/aromatic N) is 1. The zero-order valence-corrected chi connectivity index (χ0v) is 20.4. The van der Waals surface area contributed by atoms with Crippen molar-refractivity contribution >= 4 is 35.4 Å². The van der Waals surface area contributed by atoms with E-state index in [0.29, 0.717) is 11.1 Å². The van der Waals surface area contributed by atoms with Crippen LogP contribution in [-0.4, -0.2) is 35.6 Å². The zero-order chi connectivity index (χ0) is 25.5. The molecule has 0 bridgehead atoms. The molecular weight excluding hydrogens is 448 g/mol. The highest BCUT2D eigenvalue weighted by atomic mass is 16.2. The molecule has 36 heavy (non-hydrogen) atoms. The van der Waals surface area contributed by atoms with Crippen molar-refractivity contribution in [3.63, 3.8) is 0 Å². The molecule has 4 rings (SSSR count). The Labute approximate surface area is 211 Å². The summed E-state index contributed by atoms with van der Waals surface area (Å²) in [5.74, 6) is -0.797. The van der Waals surface area contributed by atoms with Gasteiger partial charge in [0, 0.05) is 29.0 Å². The molecule has 0 unspecified atom stereocenters. The van der Waals surface area contributed by atoms with Gasteiger partial charge in [-0.25, -0.2) is 0 Å². The second-order valence-electron chi connectivity index (χ2n) is 8.77. The summed E-state index contributed by atoms with van der Waals surface area (Å²) in [6, 6.07) is 24.9. The lowest BCUT2D eigenvalue weighted by atomic mass is 9.94. The summed E-state index contributed by atoms with van der Waals surface area (Å²) in [5.41, 5.74) is 5.46. The molecule has 1 heterocycles. The molecule has 1 fully saturated rings. The summed E-state index contributed by atoms with van der Waals surface area (Å²) in [4.78, 5) is 40.5. The molecule has 5 nitrogen and oxygen atoms in total. The van der Waals surface area contributed by atoms with Gasteiger partial charge in [-0.2, -0.15) is 0 Å².